The normalized spacial score (nSPS) is 14.5. The summed E-state index contributed by atoms with van der Waals surface area (Å²) in [7, 11) is 0. The van der Waals surface area contributed by atoms with Crippen LogP contribution in [0, 0.1) is 71.1 Å². The van der Waals surface area contributed by atoms with Crippen LogP contribution in [-0.4, -0.2) is 5.11 Å². The summed E-state index contributed by atoms with van der Waals surface area (Å²) in [6.07, 6.45) is 23.8. The van der Waals surface area contributed by atoms with Gasteiger partial charge in [0.15, 0.2) is 0 Å². The molecule has 0 spiro atoms. The van der Waals surface area contributed by atoms with Crippen molar-refractivity contribution in [2.75, 3.05) is 0 Å². The summed E-state index contributed by atoms with van der Waals surface area (Å²) < 4.78 is 0. The van der Waals surface area contributed by atoms with Gasteiger partial charge in [0.05, 0.1) is 6.61 Å². The summed E-state index contributed by atoms with van der Waals surface area (Å²) in [5.41, 5.74) is 2.17. The predicted molar refractivity (Wildman–Crippen MR) is 116 cm³/mol. The van der Waals surface area contributed by atoms with Gasteiger partial charge in [-0.05, 0) is 69.8 Å². The minimum atomic E-state index is 0. The smallest absolute Gasteiger partial charge is 0.0681 e. The van der Waals surface area contributed by atoms with Crippen molar-refractivity contribution in [3.05, 3.63) is 149 Å². The quantitative estimate of drug-likeness (QED) is 0.582. The number of aliphatic hydroxyl groups excluding tert-OH is 1. The van der Waals surface area contributed by atoms with Crippen molar-refractivity contribution in [2.24, 2.45) is 0 Å². The third-order valence-corrected chi connectivity index (χ3v) is 3.25. The van der Waals surface area contributed by atoms with Crippen LogP contribution in [0.15, 0.2) is 66.7 Å². The zero-order valence-corrected chi connectivity index (χ0v) is 18.5. The minimum absolute atomic E-state index is 0. The Bertz CT molecular complexity index is 532. The van der Waals surface area contributed by atoms with Crippen LogP contribution in [0.4, 0.5) is 0 Å². The number of hydrogen-bond donors (Lipinski definition) is 1. The number of aliphatic hydroxyl groups is 1. The largest absolute Gasteiger partial charge is 0.392 e. The molecule has 0 heterocycles. The molecule has 0 aromatic heterocycles. The maximum Gasteiger partial charge on any atom is 0.0681 e. The Kier molecular flexibility index (Phi) is 19.8. The molecule has 1 N–H and O–H groups in total. The molecule has 2 aliphatic rings. The van der Waals surface area contributed by atoms with Gasteiger partial charge in [0.25, 0.3) is 0 Å². The summed E-state index contributed by atoms with van der Waals surface area (Å²) in [5, 5.41) is 8.54. The van der Waals surface area contributed by atoms with Crippen LogP contribution in [0.1, 0.15) is 11.1 Å². The summed E-state index contributed by atoms with van der Waals surface area (Å²) >= 11 is 0. The van der Waals surface area contributed by atoms with Crippen LogP contribution in [0.5, 0.6) is 0 Å². The summed E-state index contributed by atoms with van der Waals surface area (Å²) in [6.45, 7) is 3.74. The monoisotopic (exact) mass is 445 g/mol. The first-order chi connectivity index (χ1) is 13.4. The Morgan fingerprint density at radius 2 is 0.964 bits per heavy atom. The van der Waals surface area contributed by atoms with E-state index < -0.39 is 0 Å². The SMILES string of the molecule is OCc1ccccc1.[CH2-]/C=C\c1ccccc1.[CH]1[CH][CH][CH][CH]1.[CH]1[CH][CH][CH][CH]1.[Zr]. The van der Waals surface area contributed by atoms with E-state index in [1.807, 2.05) is 131 Å². The third-order valence-electron chi connectivity index (χ3n) is 3.25. The van der Waals surface area contributed by atoms with Crippen LogP contribution in [0.2, 0.25) is 0 Å². The molecule has 0 aliphatic heterocycles. The second-order valence-corrected chi connectivity index (χ2v) is 5.38. The van der Waals surface area contributed by atoms with Gasteiger partial charge in [-0.3, -0.25) is 0 Å². The first kappa shape index (κ1) is 26.9. The molecule has 2 aromatic rings. The molecule has 142 valence electrons. The van der Waals surface area contributed by atoms with E-state index in [9.17, 15) is 0 Å². The maximum absolute atomic E-state index is 8.54. The van der Waals surface area contributed by atoms with Gasteiger partial charge in [-0.2, -0.15) is 0 Å². The predicted octanol–water partition coefficient (Wildman–Crippen LogP) is 5.75. The van der Waals surface area contributed by atoms with Gasteiger partial charge in [0.1, 0.15) is 0 Å². The van der Waals surface area contributed by atoms with E-state index in [1.165, 1.54) is 5.56 Å². The molecule has 2 heteroatoms. The van der Waals surface area contributed by atoms with Crippen molar-refractivity contribution < 1.29 is 31.3 Å². The first-order valence-corrected chi connectivity index (χ1v) is 8.85. The van der Waals surface area contributed by atoms with Gasteiger partial charge in [-0.15, -0.1) is 5.56 Å². The van der Waals surface area contributed by atoms with Crippen LogP contribution < -0.4 is 0 Å². The molecular formula is C26H27OZr-. The molecule has 28 heavy (non-hydrogen) atoms. The van der Waals surface area contributed by atoms with Crippen molar-refractivity contribution in [2.45, 2.75) is 6.61 Å². The average Bonchev–Trinajstić information content (AvgIpc) is 3.49. The van der Waals surface area contributed by atoms with Gasteiger partial charge in [0.2, 0.25) is 0 Å². The van der Waals surface area contributed by atoms with Crippen molar-refractivity contribution >= 4 is 6.08 Å². The van der Waals surface area contributed by atoms with E-state index in [0.717, 1.165) is 5.56 Å². The summed E-state index contributed by atoms with van der Waals surface area (Å²) in [4.78, 5) is 0. The molecule has 2 fully saturated rings. The van der Waals surface area contributed by atoms with Crippen molar-refractivity contribution in [1.29, 1.82) is 0 Å². The number of benzene rings is 2. The fourth-order valence-corrected chi connectivity index (χ4v) is 1.93. The molecule has 0 unspecified atom stereocenters. The molecule has 2 aromatic carbocycles. The number of allylic oxidation sites excluding steroid dienone is 1. The number of rotatable bonds is 2. The second-order valence-electron chi connectivity index (χ2n) is 5.38. The summed E-state index contributed by atoms with van der Waals surface area (Å²) in [5.74, 6) is 0. The molecule has 4 rings (SSSR count). The minimum Gasteiger partial charge on any atom is -0.392 e. The Hall–Kier alpha value is -1.11. The van der Waals surface area contributed by atoms with Gasteiger partial charge in [0, 0.05) is 26.2 Å². The third kappa shape index (κ3) is 15.9. The molecular weight excluding hydrogens is 420 g/mol. The van der Waals surface area contributed by atoms with Gasteiger partial charge < -0.3 is 5.11 Å². The second kappa shape index (κ2) is 20.6. The fourth-order valence-electron chi connectivity index (χ4n) is 1.93. The van der Waals surface area contributed by atoms with E-state index in [4.69, 9.17) is 5.11 Å². The molecule has 2 aliphatic carbocycles. The standard InChI is InChI=1S/C9H9.C7H8O.2C5H5.Zr/c1-2-6-9-7-4-3-5-8-9;8-6-7-4-2-1-3-5-7;2*1-2-4-5-3-1;/h2-8H,1H2;1-5,8H,6H2;2*1-5H;/q-1;;;;/b6-2-;;;;. The molecule has 0 amide bonds. The zero-order valence-electron chi connectivity index (χ0n) is 16.1. The topological polar surface area (TPSA) is 20.2 Å². The Morgan fingerprint density at radius 1 is 0.607 bits per heavy atom. The van der Waals surface area contributed by atoms with Crippen molar-refractivity contribution in [1.82, 2.24) is 0 Å². The van der Waals surface area contributed by atoms with E-state index in [-0.39, 0.29) is 32.8 Å². The molecule has 1 nitrogen and oxygen atoms in total. The first-order valence-electron chi connectivity index (χ1n) is 8.85. The molecule has 0 bridgehead atoms. The van der Waals surface area contributed by atoms with Crippen molar-refractivity contribution in [3.63, 3.8) is 0 Å². The summed E-state index contributed by atoms with van der Waals surface area (Å²) in [6, 6.07) is 19.6. The Morgan fingerprint density at radius 3 is 1.25 bits per heavy atom. The van der Waals surface area contributed by atoms with Gasteiger partial charge >= 0.3 is 0 Å². The van der Waals surface area contributed by atoms with Gasteiger partial charge in [-0.25, -0.2) is 19.1 Å². The Balaban J connectivity index is 0.000000353. The van der Waals surface area contributed by atoms with E-state index in [1.54, 1.807) is 6.08 Å². The molecule has 2 saturated carbocycles. The Labute approximate surface area is 192 Å². The average molecular weight is 447 g/mol. The maximum atomic E-state index is 8.54. The zero-order chi connectivity index (χ0) is 19.4. The van der Waals surface area contributed by atoms with Gasteiger partial charge in [-0.1, -0.05) is 60.7 Å². The molecule has 10 radical (unpaired) electrons. The van der Waals surface area contributed by atoms with E-state index in [0.29, 0.717) is 0 Å². The number of hydrogen-bond acceptors (Lipinski definition) is 1. The van der Waals surface area contributed by atoms with Crippen LogP contribution in [-0.2, 0) is 32.8 Å². The van der Waals surface area contributed by atoms with Crippen LogP contribution in [0.3, 0.4) is 0 Å². The van der Waals surface area contributed by atoms with E-state index in [2.05, 4.69) is 6.92 Å². The van der Waals surface area contributed by atoms with Crippen LogP contribution in [0.25, 0.3) is 6.08 Å². The van der Waals surface area contributed by atoms with E-state index >= 15 is 0 Å². The fraction of sp³-hybridized carbons (Fsp3) is 0.0385. The molecule has 0 atom stereocenters. The van der Waals surface area contributed by atoms with Crippen molar-refractivity contribution in [3.8, 4) is 0 Å². The molecule has 0 saturated heterocycles. The van der Waals surface area contributed by atoms with Crippen LogP contribution >= 0.6 is 0 Å².